The summed E-state index contributed by atoms with van der Waals surface area (Å²) in [7, 11) is 0. The van der Waals surface area contributed by atoms with Crippen molar-refractivity contribution < 1.29 is 37.3 Å². The SMILES string of the molecule is CCOC(=O)/C(C=Nc1c(C(=O)OCC)sc2ncccc12)=C(\O)C(F)(F)F. The first-order chi connectivity index (χ1) is 13.2. The maximum atomic E-state index is 12.9. The zero-order valence-corrected chi connectivity index (χ0v) is 15.6. The molecule has 0 aliphatic rings. The number of allylic oxidation sites excluding steroid dienone is 1. The predicted molar refractivity (Wildman–Crippen MR) is 96.1 cm³/mol. The van der Waals surface area contributed by atoms with Crippen molar-refractivity contribution in [2.45, 2.75) is 20.0 Å². The number of thiophene rings is 1. The van der Waals surface area contributed by atoms with Gasteiger partial charge in [-0.1, -0.05) is 0 Å². The summed E-state index contributed by atoms with van der Waals surface area (Å²) in [6.07, 6.45) is -3.20. The maximum absolute atomic E-state index is 12.9. The van der Waals surface area contributed by atoms with Crippen molar-refractivity contribution in [3.05, 3.63) is 34.5 Å². The molecule has 0 aliphatic heterocycles. The number of pyridine rings is 1. The molecule has 0 atom stereocenters. The average Bonchev–Trinajstić information content (AvgIpc) is 3.00. The Hall–Kier alpha value is -2.95. The van der Waals surface area contributed by atoms with Gasteiger partial charge in [0.25, 0.3) is 0 Å². The minimum Gasteiger partial charge on any atom is -0.504 e. The fourth-order valence-electron chi connectivity index (χ4n) is 2.08. The van der Waals surface area contributed by atoms with Crippen LogP contribution in [0.1, 0.15) is 23.5 Å². The number of carbonyl (C=O) groups is 2. The number of hydrogen-bond acceptors (Lipinski definition) is 8. The van der Waals surface area contributed by atoms with Crippen molar-refractivity contribution in [1.29, 1.82) is 0 Å². The fourth-order valence-corrected chi connectivity index (χ4v) is 3.07. The van der Waals surface area contributed by atoms with Gasteiger partial charge < -0.3 is 14.6 Å². The number of alkyl halides is 3. The zero-order chi connectivity index (χ0) is 20.9. The molecule has 2 aromatic heterocycles. The molecule has 150 valence electrons. The summed E-state index contributed by atoms with van der Waals surface area (Å²) in [6.45, 7) is 2.86. The molecule has 11 heteroatoms. The van der Waals surface area contributed by atoms with Gasteiger partial charge in [-0.15, -0.1) is 11.3 Å². The molecule has 2 aromatic rings. The molecule has 0 fully saturated rings. The summed E-state index contributed by atoms with van der Waals surface area (Å²) < 4.78 is 48.1. The van der Waals surface area contributed by atoms with Crippen molar-refractivity contribution in [1.82, 2.24) is 4.98 Å². The van der Waals surface area contributed by atoms with Crippen LogP contribution in [0.5, 0.6) is 0 Å². The van der Waals surface area contributed by atoms with Gasteiger partial charge in [0.05, 0.1) is 18.9 Å². The average molecular weight is 416 g/mol. The third-order valence-corrected chi connectivity index (χ3v) is 4.33. The first kappa shape index (κ1) is 21.4. The first-order valence-electron chi connectivity index (χ1n) is 7.96. The van der Waals surface area contributed by atoms with Crippen LogP contribution < -0.4 is 0 Å². The smallest absolute Gasteiger partial charge is 0.449 e. The van der Waals surface area contributed by atoms with E-state index in [2.05, 4.69) is 14.7 Å². The Balaban J connectivity index is 2.61. The second kappa shape index (κ2) is 8.83. The van der Waals surface area contributed by atoms with Gasteiger partial charge in [0.2, 0.25) is 5.76 Å². The van der Waals surface area contributed by atoms with E-state index in [0.717, 1.165) is 11.3 Å². The highest BCUT2D eigenvalue weighted by molar-refractivity contribution is 7.21. The number of aromatic nitrogens is 1. The third-order valence-electron chi connectivity index (χ3n) is 3.24. The minimum absolute atomic E-state index is 0.00140. The molecule has 7 nitrogen and oxygen atoms in total. The van der Waals surface area contributed by atoms with E-state index in [1.165, 1.54) is 13.1 Å². The Bertz CT molecular complexity index is 950. The van der Waals surface area contributed by atoms with E-state index >= 15 is 0 Å². The zero-order valence-electron chi connectivity index (χ0n) is 14.7. The Morgan fingerprint density at radius 3 is 2.57 bits per heavy atom. The second-order valence-electron chi connectivity index (χ2n) is 5.10. The molecule has 0 amide bonds. The van der Waals surface area contributed by atoms with Crippen LogP contribution >= 0.6 is 11.3 Å². The van der Waals surface area contributed by atoms with Gasteiger partial charge in [-0.25, -0.2) is 14.6 Å². The van der Waals surface area contributed by atoms with Crippen molar-refractivity contribution in [3.8, 4) is 0 Å². The van der Waals surface area contributed by atoms with Crippen LogP contribution in [-0.2, 0) is 14.3 Å². The largest absolute Gasteiger partial charge is 0.504 e. The molecule has 0 bridgehead atoms. The van der Waals surface area contributed by atoms with Gasteiger partial charge in [0.1, 0.15) is 15.3 Å². The van der Waals surface area contributed by atoms with E-state index in [4.69, 9.17) is 4.74 Å². The van der Waals surface area contributed by atoms with E-state index in [0.29, 0.717) is 16.4 Å². The van der Waals surface area contributed by atoms with Crippen LogP contribution in [0.4, 0.5) is 18.9 Å². The molecule has 2 heterocycles. The molecule has 0 spiro atoms. The van der Waals surface area contributed by atoms with Gasteiger partial charge in [-0.3, -0.25) is 4.99 Å². The van der Waals surface area contributed by atoms with Crippen molar-refractivity contribution in [2.75, 3.05) is 13.2 Å². The van der Waals surface area contributed by atoms with Crippen LogP contribution in [-0.4, -0.2) is 47.6 Å². The molecule has 1 N–H and O–H groups in total. The molecule has 28 heavy (non-hydrogen) atoms. The molecular formula is C17H15F3N2O5S. The summed E-state index contributed by atoms with van der Waals surface area (Å²) in [5.41, 5.74) is -1.21. The topological polar surface area (TPSA) is 98.1 Å². The number of hydrogen-bond donors (Lipinski definition) is 1. The minimum atomic E-state index is -5.18. The number of aliphatic imine (C=N–C) groups is 1. The number of halogens is 3. The first-order valence-corrected chi connectivity index (χ1v) is 8.78. The van der Waals surface area contributed by atoms with Gasteiger partial charge in [0, 0.05) is 17.8 Å². The Morgan fingerprint density at radius 2 is 1.96 bits per heavy atom. The number of aliphatic hydroxyl groups excluding tert-OH is 1. The van der Waals surface area contributed by atoms with Crippen LogP contribution in [0.25, 0.3) is 10.2 Å². The maximum Gasteiger partial charge on any atom is 0.449 e. The number of aliphatic hydroxyl groups is 1. The molecule has 0 saturated heterocycles. The summed E-state index contributed by atoms with van der Waals surface area (Å²) in [4.78, 5) is 32.3. The lowest BCUT2D eigenvalue weighted by atomic mass is 10.2. The summed E-state index contributed by atoms with van der Waals surface area (Å²) >= 11 is 0.940. The van der Waals surface area contributed by atoms with Crippen LogP contribution in [0.15, 0.2) is 34.7 Å². The summed E-state index contributed by atoms with van der Waals surface area (Å²) in [6, 6.07) is 3.11. The fraction of sp³-hybridized carbons (Fsp3) is 0.294. The number of rotatable bonds is 6. The quantitative estimate of drug-likeness (QED) is 0.329. The standard InChI is InChI=1S/C17H15F3N2O5S/c1-3-26-15(24)10(13(23)17(18,19)20)8-22-11-9-6-5-7-21-14(9)28-12(11)16(25)27-4-2/h5-8,23H,3-4H2,1-2H3/b13-10-,22-8?. The number of esters is 2. The van der Waals surface area contributed by atoms with E-state index < -0.39 is 29.4 Å². The van der Waals surface area contributed by atoms with Gasteiger partial charge in [-0.2, -0.15) is 13.2 Å². The highest BCUT2D eigenvalue weighted by Gasteiger charge is 2.38. The van der Waals surface area contributed by atoms with Crippen LogP contribution in [0.2, 0.25) is 0 Å². The van der Waals surface area contributed by atoms with Crippen molar-refractivity contribution in [3.63, 3.8) is 0 Å². The van der Waals surface area contributed by atoms with E-state index in [9.17, 15) is 27.9 Å². The van der Waals surface area contributed by atoms with Crippen LogP contribution in [0, 0.1) is 0 Å². The molecule has 0 aliphatic carbocycles. The number of carbonyl (C=O) groups excluding carboxylic acids is 2. The Kier molecular flexibility index (Phi) is 6.73. The van der Waals surface area contributed by atoms with Gasteiger partial charge in [0.15, 0.2) is 0 Å². The molecule has 2 rings (SSSR count). The normalized spacial score (nSPS) is 12.9. The second-order valence-corrected chi connectivity index (χ2v) is 6.09. The molecule has 0 radical (unpaired) electrons. The lowest BCUT2D eigenvalue weighted by molar-refractivity contribution is -0.141. The third kappa shape index (κ3) is 4.66. The highest BCUT2D eigenvalue weighted by atomic mass is 32.1. The van der Waals surface area contributed by atoms with Gasteiger partial charge in [-0.05, 0) is 26.0 Å². The number of nitrogens with zero attached hydrogens (tertiary/aromatic N) is 2. The molecule has 0 unspecified atom stereocenters. The monoisotopic (exact) mass is 416 g/mol. The van der Waals surface area contributed by atoms with Crippen molar-refractivity contribution in [2.24, 2.45) is 4.99 Å². The Labute approximate surface area is 161 Å². The molecular weight excluding hydrogens is 401 g/mol. The van der Waals surface area contributed by atoms with Crippen molar-refractivity contribution >= 4 is 45.4 Å². The summed E-state index contributed by atoms with van der Waals surface area (Å²) in [5, 5.41) is 9.78. The van der Waals surface area contributed by atoms with E-state index in [-0.39, 0.29) is 23.8 Å². The van der Waals surface area contributed by atoms with Crippen LogP contribution in [0.3, 0.4) is 0 Å². The van der Waals surface area contributed by atoms with E-state index in [1.807, 2.05) is 0 Å². The molecule has 0 aromatic carbocycles. The van der Waals surface area contributed by atoms with E-state index in [1.54, 1.807) is 19.1 Å². The van der Waals surface area contributed by atoms with Gasteiger partial charge >= 0.3 is 18.1 Å². The number of ether oxygens (including phenoxy) is 2. The lowest BCUT2D eigenvalue weighted by Crippen LogP contribution is -2.20. The molecule has 0 saturated carbocycles. The number of fused-ring (bicyclic) bond motifs is 1. The Morgan fingerprint density at radius 1 is 1.29 bits per heavy atom. The lowest BCUT2D eigenvalue weighted by Gasteiger charge is -2.09. The summed E-state index contributed by atoms with van der Waals surface area (Å²) in [5.74, 6) is -4.29. The highest BCUT2D eigenvalue weighted by Crippen LogP contribution is 2.37. The predicted octanol–water partition coefficient (Wildman–Crippen LogP) is 4.11.